The molecule has 0 heterocycles. The minimum atomic E-state index is 0.421. The first kappa shape index (κ1) is 17.3. The second kappa shape index (κ2) is 6.06. The van der Waals surface area contributed by atoms with Crippen molar-refractivity contribution >= 4 is 0 Å². The molecule has 130 valence electrons. The Balaban J connectivity index is 0.000000753. The molecule has 0 aromatic heterocycles. The molecule has 1 heteroatoms. The third-order valence-electron chi connectivity index (χ3n) is 8.11. The number of allylic oxidation sites excluding steroid dienone is 3. The Hall–Kier alpha value is -0.560. The summed E-state index contributed by atoms with van der Waals surface area (Å²) >= 11 is 0. The topological polar surface area (TPSA) is 26.0 Å². The van der Waals surface area contributed by atoms with Gasteiger partial charge in [-0.2, -0.15) is 0 Å². The quantitative estimate of drug-likeness (QED) is 0.557. The highest BCUT2D eigenvalue weighted by molar-refractivity contribution is 5.29. The highest BCUT2D eigenvalue weighted by Crippen LogP contribution is 2.64. The van der Waals surface area contributed by atoms with Crippen LogP contribution in [0.1, 0.15) is 79.6 Å². The molecule has 4 aliphatic carbocycles. The van der Waals surface area contributed by atoms with E-state index in [-0.39, 0.29) is 0 Å². The molecule has 0 aromatic carbocycles. The molecule has 0 radical (unpaired) electrons. The van der Waals surface area contributed by atoms with Crippen LogP contribution >= 0.6 is 0 Å². The van der Waals surface area contributed by atoms with Gasteiger partial charge in [0.15, 0.2) is 0 Å². The molecule has 0 aromatic rings. The van der Waals surface area contributed by atoms with Crippen LogP contribution in [0.2, 0.25) is 0 Å². The van der Waals surface area contributed by atoms with E-state index in [1.165, 1.54) is 44.9 Å². The average molecular weight is 316 g/mol. The van der Waals surface area contributed by atoms with E-state index in [1.54, 1.807) is 11.1 Å². The van der Waals surface area contributed by atoms with E-state index in [4.69, 9.17) is 5.73 Å². The van der Waals surface area contributed by atoms with Crippen molar-refractivity contribution in [2.45, 2.75) is 85.6 Å². The number of hydrogen-bond donors (Lipinski definition) is 1. The monoisotopic (exact) mass is 315 g/mol. The predicted octanol–water partition coefficient (Wildman–Crippen LogP) is 5.86. The van der Waals surface area contributed by atoms with Crippen molar-refractivity contribution in [3.8, 4) is 0 Å². The molecule has 2 saturated carbocycles. The van der Waals surface area contributed by atoms with Crippen molar-refractivity contribution in [2.24, 2.45) is 34.3 Å². The van der Waals surface area contributed by atoms with Gasteiger partial charge in [-0.15, -0.1) is 0 Å². The molecule has 2 fully saturated rings. The van der Waals surface area contributed by atoms with Crippen LogP contribution in [-0.4, -0.2) is 6.04 Å². The van der Waals surface area contributed by atoms with Gasteiger partial charge in [-0.3, -0.25) is 0 Å². The van der Waals surface area contributed by atoms with Gasteiger partial charge in [0.25, 0.3) is 0 Å². The third-order valence-corrected chi connectivity index (χ3v) is 8.11. The zero-order valence-electron chi connectivity index (χ0n) is 16.0. The zero-order chi connectivity index (χ0) is 16.8. The predicted molar refractivity (Wildman–Crippen MR) is 100 cm³/mol. The molecular weight excluding hydrogens is 278 g/mol. The van der Waals surface area contributed by atoms with E-state index >= 15 is 0 Å². The van der Waals surface area contributed by atoms with Crippen LogP contribution in [0.4, 0.5) is 0 Å². The molecule has 0 spiro atoms. The fourth-order valence-corrected chi connectivity index (χ4v) is 6.47. The summed E-state index contributed by atoms with van der Waals surface area (Å²) in [5.41, 5.74) is 10.6. The molecule has 1 nitrogen and oxygen atoms in total. The Morgan fingerprint density at radius 3 is 2.39 bits per heavy atom. The van der Waals surface area contributed by atoms with Crippen LogP contribution in [0.15, 0.2) is 23.3 Å². The highest BCUT2D eigenvalue weighted by Gasteiger charge is 2.55. The molecule has 5 unspecified atom stereocenters. The van der Waals surface area contributed by atoms with Crippen molar-refractivity contribution in [1.82, 2.24) is 0 Å². The van der Waals surface area contributed by atoms with Crippen LogP contribution in [0.3, 0.4) is 0 Å². The van der Waals surface area contributed by atoms with E-state index in [2.05, 4.69) is 32.9 Å². The Labute approximate surface area is 143 Å². The first-order valence-electron chi connectivity index (χ1n) is 10.1. The molecule has 2 N–H and O–H groups in total. The number of hydrogen-bond acceptors (Lipinski definition) is 1. The standard InChI is InChI=1S/C20H31N.C2H6/c1-13-4-7-17-16-6-5-14-12-15(21)8-10-20(14,3)18(16)9-11-19(13,17)2;1-2/h4-5,15-18H,6-12,21H2,1-3H3;1-2H3/t15-,16?,17?,18?,19?,20?;/m1./s1. The van der Waals surface area contributed by atoms with E-state index in [0.29, 0.717) is 16.9 Å². The lowest BCUT2D eigenvalue weighted by molar-refractivity contribution is -0.0180. The zero-order valence-corrected chi connectivity index (χ0v) is 16.0. The summed E-state index contributed by atoms with van der Waals surface area (Å²) in [6.07, 6.45) is 14.4. The second-order valence-electron chi connectivity index (χ2n) is 8.84. The molecular formula is C22H37N. The summed E-state index contributed by atoms with van der Waals surface area (Å²) in [5.74, 6) is 2.74. The van der Waals surface area contributed by atoms with Crippen LogP contribution in [0.5, 0.6) is 0 Å². The lowest BCUT2D eigenvalue weighted by Crippen LogP contribution is -2.50. The Bertz CT molecular complexity index is 516. The van der Waals surface area contributed by atoms with Gasteiger partial charge in [-0.1, -0.05) is 51.0 Å². The Morgan fingerprint density at radius 1 is 0.957 bits per heavy atom. The van der Waals surface area contributed by atoms with Gasteiger partial charge in [0, 0.05) is 6.04 Å². The molecule has 0 saturated heterocycles. The van der Waals surface area contributed by atoms with Crippen molar-refractivity contribution in [2.75, 3.05) is 0 Å². The smallest absolute Gasteiger partial charge is 0.00766 e. The molecule has 4 rings (SSSR count). The van der Waals surface area contributed by atoms with E-state index in [1.807, 2.05) is 13.8 Å². The van der Waals surface area contributed by atoms with Crippen molar-refractivity contribution in [3.63, 3.8) is 0 Å². The Morgan fingerprint density at radius 2 is 1.65 bits per heavy atom. The minimum absolute atomic E-state index is 0.421. The lowest BCUT2D eigenvalue weighted by atomic mass is 9.47. The first-order valence-corrected chi connectivity index (χ1v) is 10.1. The minimum Gasteiger partial charge on any atom is -0.327 e. The van der Waals surface area contributed by atoms with Crippen molar-refractivity contribution in [1.29, 1.82) is 0 Å². The summed E-state index contributed by atoms with van der Waals surface area (Å²) in [6.45, 7) is 11.5. The van der Waals surface area contributed by atoms with E-state index in [9.17, 15) is 0 Å². The van der Waals surface area contributed by atoms with Gasteiger partial charge >= 0.3 is 0 Å². The van der Waals surface area contributed by atoms with Crippen molar-refractivity contribution < 1.29 is 0 Å². The van der Waals surface area contributed by atoms with Gasteiger partial charge < -0.3 is 5.73 Å². The molecule has 4 aliphatic rings. The SMILES string of the molecule is CC.CC1=CCC2C3CC=C4C[C@H](N)CCC4(C)C3CCC12C. The summed E-state index contributed by atoms with van der Waals surface area (Å²) in [4.78, 5) is 0. The normalized spacial score (nSPS) is 48.1. The van der Waals surface area contributed by atoms with Gasteiger partial charge in [-0.05, 0) is 80.5 Å². The number of rotatable bonds is 0. The maximum absolute atomic E-state index is 6.24. The average Bonchev–Trinajstić information content (AvgIpc) is 2.86. The van der Waals surface area contributed by atoms with Crippen molar-refractivity contribution in [3.05, 3.63) is 23.3 Å². The van der Waals surface area contributed by atoms with Gasteiger partial charge in [-0.25, -0.2) is 0 Å². The molecule has 6 atom stereocenters. The molecule has 0 aliphatic heterocycles. The van der Waals surface area contributed by atoms with Gasteiger partial charge in [0.1, 0.15) is 0 Å². The summed E-state index contributed by atoms with van der Waals surface area (Å²) < 4.78 is 0. The summed E-state index contributed by atoms with van der Waals surface area (Å²) in [6, 6.07) is 0.421. The van der Waals surface area contributed by atoms with Crippen LogP contribution in [0, 0.1) is 28.6 Å². The second-order valence-corrected chi connectivity index (χ2v) is 8.84. The lowest BCUT2D eigenvalue weighted by Gasteiger charge is -2.57. The third kappa shape index (κ3) is 2.46. The van der Waals surface area contributed by atoms with Crippen LogP contribution in [-0.2, 0) is 0 Å². The largest absolute Gasteiger partial charge is 0.327 e. The van der Waals surface area contributed by atoms with Gasteiger partial charge in [0.05, 0.1) is 0 Å². The maximum atomic E-state index is 6.24. The Kier molecular flexibility index (Phi) is 4.55. The first-order chi connectivity index (χ1) is 10.9. The highest BCUT2D eigenvalue weighted by atomic mass is 14.7. The van der Waals surface area contributed by atoms with Crippen LogP contribution < -0.4 is 5.73 Å². The maximum Gasteiger partial charge on any atom is 0.00766 e. The number of nitrogens with two attached hydrogens (primary N) is 1. The summed E-state index contributed by atoms with van der Waals surface area (Å²) in [7, 11) is 0. The molecule has 0 bridgehead atoms. The fraction of sp³-hybridized carbons (Fsp3) is 0.818. The molecule has 23 heavy (non-hydrogen) atoms. The van der Waals surface area contributed by atoms with E-state index < -0.39 is 0 Å². The molecule has 0 amide bonds. The van der Waals surface area contributed by atoms with E-state index in [0.717, 1.165) is 17.8 Å². The fourth-order valence-electron chi connectivity index (χ4n) is 6.47. The number of fused-ring (bicyclic) bond motifs is 5. The van der Waals surface area contributed by atoms with Crippen LogP contribution in [0.25, 0.3) is 0 Å². The van der Waals surface area contributed by atoms with Gasteiger partial charge in [0.2, 0.25) is 0 Å². The summed E-state index contributed by atoms with van der Waals surface area (Å²) in [5, 5.41) is 0.